The lowest BCUT2D eigenvalue weighted by atomic mass is 9.92. The fraction of sp³-hybridized carbons (Fsp3) is 0.519. The van der Waals surface area contributed by atoms with Gasteiger partial charge in [0.1, 0.15) is 24.5 Å². The van der Waals surface area contributed by atoms with Crippen molar-refractivity contribution >= 4 is 25.0 Å². The Morgan fingerprint density at radius 1 is 0.676 bits per heavy atom. The minimum Gasteiger partial charge on any atom is -0.418 e. The number of hydrogen-bond donors (Lipinski definition) is 0. The molecule has 2 aromatic carbocycles. The van der Waals surface area contributed by atoms with Crippen LogP contribution in [0.3, 0.4) is 0 Å². The fourth-order valence-corrected chi connectivity index (χ4v) is 4.53. The quantitative estimate of drug-likeness (QED) is 0.229. The van der Waals surface area contributed by atoms with Gasteiger partial charge >= 0.3 is 7.25 Å². The molecule has 0 aromatic heterocycles. The molecule has 0 atom stereocenters. The molecule has 1 aliphatic heterocycles. The van der Waals surface area contributed by atoms with E-state index < -0.39 is 7.25 Å². The maximum atomic E-state index is 9.75. The number of halogens is 4. The van der Waals surface area contributed by atoms with Gasteiger partial charge in [0.05, 0.1) is 0 Å². The van der Waals surface area contributed by atoms with Crippen molar-refractivity contribution in [3.63, 3.8) is 0 Å². The number of anilines is 1. The number of nitrogens with zero attached hydrogens (tertiary/aromatic N) is 2. The lowest BCUT2D eigenvalue weighted by molar-refractivity contribution is -0.425. The molecule has 0 fully saturated rings. The van der Waals surface area contributed by atoms with Gasteiger partial charge in [-0.25, -0.2) is 9.48 Å². The van der Waals surface area contributed by atoms with Gasteiger partial charge in [0.25, 0.3) is 0 Å². The van der Waals surface area contributed by atoms with E-state index in [9.17, 15) is 17.3 Å². The summed E-state index contributed by atoms with van der Waals surface area (Å²) < 4.78 is 41.5. The Morgan fingerprint density at radius 3 is 1.38 bits per heavy atom. The van der Waals surface area contributed by atoms with Gasteiger partial charge in [0.15, 0.2) is 0 Å². The van der Waals surface area contributed by atoms with Crippen LogP contribution in [0.2, 0.25) is 0 Å². The number of benzene rings is 2. The standard InChI is InChI=1S/C27H39N2.BF4/c1-18(2)22-11-9-12-23(19(3)4)26(22)28-15-16-29(17-28)27-24(20(5)6)13-10-14-25(27)21(7)8;2-1(3,4)5/h9-14,17-21H,15-16H2,1-8H3;/q+1;-1. The molecule has 0 amide bonds. The Kier molecular flexibility index (Phi) is 9.38. The van der Waals surface area contributed by atoms with Crippen LogP contribution >= 0.6 is 0 Å². The highest BCUT2D eigenvalue weighted by molar-refractivity contribution is 6.50. The maximum absolute atomic E-state index is 9.75. The Hall–Kier alpha value is -2.31. The summed E-state index contributed by atoms with van der Waals surface area (Å²) in [5.41, 5.74) is 8.67. The van der Waals surface area contributed by atoms with E-state index in [2.05, 4.69) is 108 Å². The Morgan fingerprint density at radius 2 is 1.03 bits per heavy atom. The third-order valence-electron chi connectivity index (χ3n) is 6.12. The monoisotopic (exact) mass is 478 g/mol. The van der Waals surface area contributed by atoms with E-state index in [4.69, 9.17) is 0 Å². The molecule has 0 bridgehead atoms. The van der Waals surface area contributed by atoms with Crippen LogP contribution in [0, 0.1) is 0 Å². The summed E-state index contributed by atoms with van der Waals surface area (Å²) in [4.78, 5) is 2.51. The molecule has 7 heteroatoms. The van der Waals surface area contributed by atoms with Crippen LogP contribution in [0.15, 0.2) is 36.4 Å². The van der Waals surface area contributed by atoms with Crippen molar-refractivity contribution in [2.45, 2.75) is 79.1 Å². The van der Waals surface area contributed by atoms with E-state index in [1.54, 1.807) is 0 Å². The summed E-state index contributed by atoms with van der Waals surface area (Å²) in [7, 11) is -6.00. The smallest absolute Gasteiger partial charge is 0.418 e. The molecule has 1 aliphatic rings. The normalized spacial score (nSPS) is 14.2. The first-order chi connectivity index (χ1) is 15.7. The Labute approximate surface area is 202 Å². The summed E-state index contributed by atoms with van der Waals surface area (Å²) in [6.45, 7) is 20.5. The fourth-order valence-electron chi connectivity index (χ4n) is 4.53. The van der Waals surface area contributed by atoms with Crippen LogP contribution < -0.4 is 4.90 Å². The molecule has 0 saturated carbocycles. The van der Waals surface area contributed by atoms with Gasteiger partial charge in [0.2, 0.25) is 6.34 Å². The molecular formula is C27H39BF4N2. The molecule has 2 aromatic rings. The predicted octanol–water partition coefficient (Wildman–Crippen LogP) is 8.67. The second-order valence-electron chi connectivity index (χ2n) is 10.2. The summed E-state index contributed by atoms with van der Waals surface area (Å²) >= 11 is 0. The van der Waals surface area contributed by atoms with Gasteiger partial charge in [0, 0.05) is 22.3 Å². The van der Waals surface area contributed by atoms with Crippen molar-refractivity contribution < 1.29 is 21.8 Å². The highest BCUT2D eigenvalue weighted by atomic mass is 19.5. The minimum atomic E-state index is -6.00. The lowest BCUT2D eigenvalue weighted by Gasteiger charge is -2.20. The molecular weight excluding hydrogens is 439 g/mol. The maximum Gasteiger partial charge on any atom is 0.673 e. The molecule has 0 saturated heterocycles. The van der Waals surface area contributed by atoms with Gasteiger partial charge in [-0.3, -0.25) is 0 Å². The van der Waals surface area contributed by atoms with Gasteiger partial charge in [-0.05, 0) is 23.7 Å². The molecule has 188 valence electrons. The Balaban J connectivity index is 0.000000739. The molecule has 0 unspecified atom stereocenters. The lowest BCUT2D eigenvalue weighted by Crippen LogP contribution is -2.22. The zero-order valence-electron chi connectivity index (χ0n) is 21.7. The first-order valence-electron chi connectivity index (χ1n) is 12.2. The zero-order chi connectivity index (χ0) is 25.8. The zero-order valence-corrected chi connectivity index (χ0v) is 21.7. The van der Waals surface area contributed by atoms with E-state index in [0.29, 0.717) is 23.7 Å². The van der Waals surface area contributed by atoms with Crippen LogP contribution in [0.1, 0.15) is 101 Å². The molecule has 0 aliphatic carbocycles. The summed E-state index contributed by atoms with van der Waals surface area (Å²) in [6, 6.07) is 13.7. The second kappa shape index (κ2) is 11.4. The summed E-state index contributed by atoms with van der Waals surface area (Å²) in [5, 5.41) is 0. The molecule has 2 nitrogen and oxygen atoms in total. The van der Waals surface area contributed by atoms with Gasteiger partial charge in [-0.1, -0.05) is 91.8 Å². The van der Waals surface area contributed by atoms with Crippen molar-refractivity contribution in [1.29, 1.82) is 0 Å². The molecule has 0 radical (unpaired) electrons. The molecule has 34 heavy (non-hydrogen) atoms. The number of para-hydroxylation sites is 2. The van der Waals surface area contributed by atoms with Crippen molar-refractivity contribution in [2.75, 3.05) is 18.0 Å². The SMILES string of the molecule is CC(C)c1cccc(C(C)C)c1N1C=[N+](c2c(C(C)C)cccc2C(C)C)CC1.F[B-](F)(F)F. The third-order valence-corrected chi connectivity index (χ3v) is 6.12. The van der Waals surface area contributed by atoms with E-state index in [1.807, 2.05) is 0 Å². The second-order valence-corrected chi connectivity index (χ2v) is 10.2. The van der Waals surface area contributed by atoms with Crippen LogP contribution in [0.5, 0.6) is 0 Å². The summed E-state index contributed by atoms with van der Waals surface area (Å²) in [5.74, 6) is 2.06. The van der Waals surface area contributed by atoms with Crippen LogP contribution in [-0.4, -0.2) is 31.3 Å². The average molecular weight is 478 g/mol. The van der Waals surface area contributed by atoms with Crippen LogP contribution in [-0.2, 0) is 0 Å². The highest BCUT2D eigenvalue weighted by Crippen LogP contribution is 2.38. The van der Waals surface area contributed by atoms with Crippen molar-refractivity contribution in [1.82, 2.24) is 0 Å². The molecule has 0 spiro atoms. The molecule has 0 N–H and O–H groups in total. The van der Waals surface area contributed by atoms with Gasteiger partial charge < -0.3 is 17.3 Å². The largest absolute Gasteiger partial charge is 0.673 e. The van der Waals surface area contributed by atoms with Gasteiger partial charge in [-0.2, -0.15) is 0 Å². The van der Waals surface area contributed by atoms with Crippen molar-refractivity contribution in [3.8, 4) is 0 Å². The van der Waals surface area contributed by atoms with E-state index in [0.717, 1.165) is 13.1 Å². The molecule has 1 heterocycles. The molecule has 3 rings (SSSR count). The number of hydrogen-bond acceptors (Lipinski definition) is 1. The van der Waals surface area contributed by atoms with Crippen LogP contribution in [0.25, 0.3) is 0 Å². The van der Waals surface area contributed by atoms with Crippen molar-refractivity contribution in [3.05, 3.63) is 58.7 Å². The van der Waals surface area contributed by atoms with E-state index in [1.165, 1.54) is 33.6 Å². The number of rotatable bonds is 6. The minimum absolute atomic E-state index is 0.514. The summed E-state index contributed by atoms with van der Waals surface area (Å²) in [6.07, 6.45) is 2.38. The first kappa shape index (κ1) is 27.9. The van der Waals surface area contributed by atoms with E-state index >= 15 is 0 Å². The Bertz CT molecular complexity index is 936. The third kappa shape index (κ3) is 7.10. The van der Waals surface area contributed by atoms with Gasteiger partial charge in [-0.15, -0.1) is 0 Å². The van der Waals surface area contributed by atoms with E-state index in [-0.39, 0.29) is 0 Å². The topological polar surface area (TPSA) is 6.25 Å². The predicted molar refractivity (Wildman–Crippen MR) is 138 cm³/mol. The average Bonchev–Trinajstić information content (AvgIpc) is 3.20. The van der Waals surface area contributed by atoms with Crippen LogP contribution in [0.4, 0.5) is 28.6 Å². The van der Waals surface area contributed by atoms with Crippen molar-refractivity contribution in [2.24, 2.45) is 0 Å². The first-order valence-corrected chi connectivity index (χ1v) is 12.2. The highest BCUT2D eigenvalue weighted by Gasteiger charge is 2.31.